The van der Waals surface area contributed by atoms with E-state index < -0.39 is 83.9 Å². The van der Waals surface area contributed by atoms with E-state index in [4.69, 9.17) is 28.1 Å². The van der Waals surface area contributed by atoms with E-state index in [1.165, 1.54) is 0 Å². The maximum atomic E-state index is 14.5. The van der Waals surface area contributed by atoms with Crippen LogP contribution in [0.2, 0.25) is 0 Å². The molecule has 7 rings (SSSR count). The first-order chi connectivity index (χ1) is 22.1. The Bertz CT molecular complexity index is 1890. The van der Waals surface area contributed by atoms with E-state index in [0.29, 0.717) is 23.8 Å². The fraction of sp³-hybridized carbons (Fsp3) is 0.629. The molecule has 4 fully saturated rings. The van der Waals surface area contributed by atoms with Crippen LogP contribution in [0.5, 0.6) is 5.75 Å². The molecule has 4 heterocycles. The van der Waals surface area contributed by atoms with E-state index in [2.05, 4.69) is 31.9 Å². The summed E-state index contributed by atoms with van der Waals surface area (Å²) in [5.74, 6) is -2.32. The number of esters is 4. The average Bonchev–Trinajstić information content (AvgIpc) is 3.45. The van der Waals surface area contributed by atoms with Crippen LogP contribution in [0.15, 0.2) is 27.4 Å². The van der Waals surface area contributed by atoms with Gasteiger partial charge in [0.2, 0.25) is 11.2 Å². The molecule has 2 aliphatic carbocycles. The lowest BCUT2D eigenvalue weighted by Crippen LogP contribution is -2.57. The lowest BCUT2D eigenvalue weighted by molar-refractivity contribution is -0.217. The maximum absolute atomic E-state index is 14.5. The Balaban J connectivity index is 1.38. The average molecular weight is 794 g/mol. The third-order valence-electron chi connectivity index (χ3n) is 13.1. The Morgan fingerprint density at radius 3 is 1.75 bits per heavy atom. The Labute approximate surface area is 293 Å². The fourth-order valence-electron chi connectivity index (χ4n) is 8.72. The first-order valence-corrected chi connectivity index (χ1v) is 17.9. The van der Waals surface area contributed by atoms with Gasteiger partial charge in [-0.2, -0.15) is 0 Å². The molecule has 5 aliphatic rings. The van der Waals surface area contributed by atoms with E-state index in [9.17, 15) is 24.0 Å². The lowest BCUT2D eigenvalue weighted by Gasteiger charge is -2.45. The molecule has 0 radical (unpaired) electrons. The molecular formula is C35H38Br2O11. The largest absolute Gasteiger partial charge is 0.483 e. The second-order valence-electron chi connectivity index (χ2n) is 15.9. The first-order valence-electron chi connectivity index (χ1n) is 16.1. The van der Waals surface area contributed by atoms with Gasteiger partial charge in [-0.3, -0.25) is 9.59 Å². The minimum Gasteiger partial charge on any atom is -0.483 e. The Morgan fingerprint density at radius 2 is 1.29 bits per heavy atom. The van der Waals surface area contributed by atoms with E-state index in [0.717, 1.165) is 0 Å². The van der Waals surface area contributed by atoms with Gasteiger partial charge in [0.15, 0.2) is 12.2 Å². The zero-order valence-corrected chi connectivity index (χ0v) is 31.2. The number of hydrogen-bond donors (Lipinski definition) is 0. The summed E-state index contributed by atoms with van der Waals surface area (Å²) in [5.41, 5.74) is -8.25. The van der Waals surface area contributed by atoms with Crippen molar-refractivity contribution in [3.63, 3.8) is 0 Å². The molecule has 2 saturated heterocycles. The molecule has 48 heavy (non-hydrogen) atoms. The summed E-state index contributed by atoms with van der Waals surface area (Å²) in [5, 5.41) is 0.497. The summed E-state index contributed by atoms with van der Waals surface area (Å²) in [4.78, 5) is 68.2. The van der Waals surface area contributed by atoms with Gasteiger partial charge in [0.1, 0.15) is 20.7 Å². The SMILES string of the molecule is CC1(C)Oc2ccc3cc(C(Br)Br)c(=O)oc3c2[C@@H](OC(=O)[C@@]23CC[C@@](C)(C(=O)O2)C3(C)C)[C@H]1OC(=O)[C@@]12CC[C@@](C)(C(=O)O1)C2(C)C. The van der Waals surface area contributed by atoms with Gasteiger partial charge in [0.25, 0.3) is 0 Å². The Morgan fingerprint density at radius 1 is 0.771 bits per heavy atom. The highest BCUT2D eigenvalue weighted by molar-refractivity contribution is 9.24. The van der Waals surface area contributed by atoms with Gasteiger partial charge >= 0.3 is 29.5 Å². The van der Waals surface area contributed by atoms with E-state index in [1.807, 2.05) is 27.7 Å². The Hall–Kier alpha value is -2.93. The highest BCUT2D eigenvalue weighted by Crippen LogP contribution is 2.67. The molecular weight excluding hydrogens is 756 g/mol. The highest BCUT2D eigenvalue weighted by Gasteiger charge is 2.78. The molecule has 4 bridgehead atoms. The minimum absolute atomic E-state index is 0.0758. The Kier molecular flexibility index (Phi) is 6.89. The van der Waals surface area contributed by atoms with Gasteiger partial charge in [-0.25, -0.2) is 14.4 Å². The minimum atomic E-state index is -1.61. The van der Waals surface area contributed by atoms with Crippen LogP contribution < -0.4 is 10.4 Å². The molecule has 2 saturated carbocycles. The number of fused-ring (bicyclic) bond motifs is 7. The zero-order valence-electron chi connectivity index (χ0n) is 28.0. The third-order valence-corrected chi connectivity index (χ3v) is 14.1. The van der Waals surface area contributed by atoms with E-state index in [-0.39, 0.29) is 29.7 Å². The number of rotatable bonds is 5. The molecule has 258 valence electrons. The molecule has 0 N–H and O–H groups in total. The van der Waals surface area contributed by atoms with Crippen LogP contribution in [0.25, 0.3) is 11.0 Å². The number of carbonyl (C=O) groups excluding carboxylic acids is 4. The van der Waals surface area contributed by atoms with Crippen LogP contribution in [0.3, 0.4) is 0 Å². The summed E-state index contributed by atoms with van der Waals surface area (Å²) < 4.78 is 36.2. The number of hydrogen-bond acceptors (Lipinski definition) is 11. The van der Waals surface area contributed by atoms with Crippen LogP contribution in [-0.2, 0) is 38.1 Å². The predicted molar refractivity (Wildman–Crippen MR) is 176 cm³/mol. The van der Waals surface area contributed by atoms with Gasteiger partial charge < -0.3 is 28.1 Å². The second kappa shape index (κ2) is 9.86. The van der Waals surface area contributed by atoms with E-state index in [1.54, 1.807) is 45.9 Å². The smallest absolute Gasteiger partial charge is 0.351 e. The standard InChI is InChI=1S/C35H38Br2O11/c1-29(2)22(45-28(42)35-14-12-33(8,26(40)48-35)31(35,5)6)21(44-27(41)34-13-11-32(7,25(39)47-34)30(34,3)4)19-18(46-29)10-9-16-15-17(23(36)37)24(38)43-20(16)19/h9-10,15,21-23H,11-14H2,1-8H3/t21-,22-,32+,33+,34-,35-/m1/s1. The van der Waals surface area contributed by atoms with Crippen molar-refractivity contribution >= 4 is 66.7 Å². The normalized spacial score (nSPS) is 36.4. The second-order valence-corrected chi connectivity index (χ2v) is 19.0. The quantitative estimate of drug-likeness (QED) is 0.142. The van der Waals surface area contributed by atoms with E-state index >= 15 is 0 Å². The van der Waals surface area contributed by atoms with Crippen molar-refractivity contribution in [1.82, 2.24) is 0 Å². The summed E-state index contributed by atoms with van der Waals surface area (Å²) in [6, 6.07) is 5.02. The number of alkyl halides is 2. The predicted octanol–water partition coefficient (Wildman–Crippen LogP) is 6.49. The molecule has 1 aromatic heterocycles. The monoisotopic (exact) mass is 792 g/mol. The van der Waals surface area contributed by atoms with Crippen LogP contribution in [0.4, 0.5) is 0 Å². The highest BCUT2D eigenvalue weighted by atomic mass is 79.9. The molecule has 13 heteroatoms. The number of halogens is 2. The first kappa shape index (κ1) is 33.6. The van der Waals surface area contributed by atoms with Gasteiger partial charge in [-0.05, 0) is 71.6 Å². The molecule has 1 aromatic carbocycles. The maximum Gasteiger partial charge on any atom is 0.351 e. The molecule has 0 spiro atoms. The lowest BCUT2D eigenvalue weighted by atomic mass is 9.66. The van der Waals surface area contributed by atoms with Crippen molar-refractivity contribution in [3.8, 4) is 5.75 Å². The fourth-order valence-corrected chi connectivity index (χ4v) is 9.36. The van der Waals surface area contributed by atoms with Crippen molar-refractivity contribution in [2.24, 2.45) is 21.7 Å². The van der Waals surface area contributed by atoms with Crippen molar-refractivity contribution in [1.29, 1.82) is 0 Å². The van der Waals surface area contributed by atoms with Crippen LogP contribution in [0, 0.1) is 21.7 Å². The summed E-state index contributed by atoms with van der Waals surface area (Å²) >= 11 is 6.72. The van der Waals surface area contributed by atoms with Crippen LogP contribution in [-0.4, -0.2) is 46.8 Å². The third kappa shape index (κ3) is 3.83. The summed E-state index contributed by atoms with van der Waals surface area (Å²) in [6.45, 7) is 14.2. The zero-order chi connectivity index (χ0) is 35.2. The van der Waals surface area contributed by atoms with Gasteiger partial charge in [-0.1, -0.05) is 59.6 Å². The molecule has 6 atom stereocenters. The number of carbonyl (C=O) groups is 4. The van der Waals surface area contributed by atoms with Crippen LogP contribution in [0.1, 0.15) is 102 Å². The van der Waals surface area contributed by atoms with Crippen LogP contribution >= 0.6 is 31.9 Å². The molecule has 0 unspecified atom stereocenters. The summed E-state index contributed by atoms with van der Waals surface area (Å²) in [6.07, 6.45) is -1.36. The van der Waals surface area contributed by atoms with Gasteiger partial charge in [0, 0.05) is 16.2 Å². The molecule has 11 nitrogen and oxygen atoms in total. The number of ether oxygens (including phenoxy) is 5. The summed E-state index contributed by atoms with van der Waals surface area (Å²) in [7, 11) is 0. The molecule has 2 aromatic rings. The molecule has 0 amide bonds. The van der Waals surface area contributed by atoms with Crippen molar-refractivity contribution < 1.29 is 47.3 Å². The van der Waals surface area contributed by atoms with Crippen molar-refractivity contribution in [2.75, 3.05) is 0 Å². The number of benzene rings is 1. The van der Waals surface area contributed by atoms with Gasteiger partial charge in [0.05, 0.1) is 22.0 Å². The van der Waals surface area contributed by atoms with Crippen molar-refractivity contribution in [2.45, 2.75) is 114 Å². The molecule has 3 aliphatic heterocycles. The van der Waals surface area contributed by atoms with Gasteiger partial charge in [-0.15, -0.1) is 0 Å². The van der Waals surface area contributed by atoms with Crippen molar-refractivity contribution in [3.05, 3.63) is 39.7 Å². The topological polar surface area (TPSA) is 145 Å².